The van der Waals surface area contributed by atoms with Gasteiger partial charge >= 0.3 is 6.03 Å². The minimum Gasteiger partial charge on any atom is -0.352 e. The van der Waals surface area contributed by atoms with Crippen LogP contribution in [0.2, 0.25) is 0 Å². The highest BCUT2D eigenvalue weighted by molar-refractivity contribution is 6.38. The molecular weight excluding hydrogens is 402 g/mol. The second-order valence-corrected chi connectivity index (χ2v) is 8.92. The highest BCUT2D eigenvalue weighted by Crippen LogP contribution is 2.26. The first-order valence-electron chi connectivity index (χ1n) is 10.9. The van der Waals surface area contributed by atoms with Crippen LogP contribution in [0.5, 0.6) is 0 Å². The lowest BCUT2D eigenvalue weighted by Gasteiger charge is -2.35. The number of Topliss-reactive ketones (excluding diaryl/α,β-unsaturated/α-hetero) is 1. The number of primary amides is 1. The van der Waals surface area contributed by atoms with Gasteiger partial charge in [-0.25, -0.2) is 4.79 Å². The summed E-state index contributed by atoms with van der Waals surface area (Å²) in [5.74, 6) is -2.30. The molecule has 10 heteroatoms. The summed E-state index contributed by atoms with van der Waals surface area (Å²) >= 11 is 0. The molecule has 5 amide bonds. The van der Waals surface area contributed by atoms with E-state index >= 15 is 0 Å². The lowest BCUT2D eigenvalue weighted by atomic mass is 9.85. The Hall–Kier alpha value is -2.65. The molecule has 1 heterocycles. The Morgan fingerprint density at radius 1 is 1.10 bits per heavy atom. The van der Waals surface area contributed by atoms with Gasteiger partial charge in [-0.15, -0.1) is 0 Å². The Morgan fingerprint density at radius 3 is 2.26 bits per heavy atom. The number of carbonyl (C=O) groups excluding carboxylic acids is 5. The molecule has 31 heavy (non-hydrogen) atoms. The third-order valence-corrected chi connectivity index (χ3v) is 5.28. The predicted octanol–water partition coefficient (Wildman–Crippen LogP) is 0.441. The Morgan fingerprint density at radius 2 is 1.74 bits per heavy atom. The van der Waals surface area contributed by atoms with Crippen molar-refractivity contribution in [3.8, 4) is 0 Å². The standard InChI is InChI=1S/C21H37N5O5/c1-6-8-10-13(15(27)18(29)23-7-2)24-17(28)14-11-9-12-26(14)19(30)16(21(3,4)5)25-20(22)31/h13-14,16H,6-12H2,1-5H3,(H,23,29)(H,24,28)(H3,22,25,31)/t13?,14-,16+/m0/s1. The topological polar surface area (TPSA) is 151 Å². The zero-order chi connectivity index (χ0) is 23.8. The monoisotopic (exact) mass is 439 g/mol. The van der Waals surface area contributed by atoms with Gasteiger partial charge in [-0.05, 0) is 31.6 Å². The van der Waals surface area contributed by atoms with E-state index in [0.717, 1.165) is 6.42 Å². The van der Waals surface area contributed by atoms with Crippen molar-refractivity contribution in [3.05, 3.63) is 0 Å². The lowest BCUT2D eigenvalue weighted by Crippen LogP contribution is -2.59. The Balaban J connectivity index is 3.00. The van der Waals surface area contributed by atoms with Crippen LogP contribution in [0.15, 0.2) is 0 Å². The van der Waals surface area contributed by atoms with E-state index in [-0.39, 0.29) is 0 Å². The summed E-state index contributed by atoms with van der Waals surface area (Å²) in [6, 6.07) is -3.44. The number of likely N-dealkylation sites (tertiary alicyclic amines) is 1. The van der Waals surface area contributed by atoms with Crippen LogP contribution < -0.4 is 21.7 Å². The molecule has 0 bridgehead atoms. The number of ketones is 1. The molecule has 0 aromatic rings. The molecule has 0 aliphatic carbocycles. The Kier molecular flexibility index (Phi) is 9.93. The third-order valence-electron chi connectivity index (χ3n) is 5.28. The lowest BCUT2D eigenvalue weighted by molar-refractivity contribution is -0.143. The molecule has 0 aromatic heterocycles. The number of nitrogens with one attached hydrogen (secondary N) is 3. The molecule has 0 radical (unpaired) electrons. The molecule has 1 rings (SSSR count). The van der Waals surface area contributed by atoms with Crippen molar-refractivity contribution in [2.24, 2.45) is 11.1 Å². The Labute approximate surface area is 184 Å². The first-order valence-corrected chi connectivity index (χ1v) is 10.9. The van der Waals surface area contributed by atoms with Crippen LogP contribution in [0.1, 0.15) is 66.7 Å². The maximum atomic E-state index is 13.2. The summed E-state index contributed by atoms with van der Waals surface area (Å²) in [5.41, 5.74) is 4.63. The number of carbonyl (C=O) groups is 5. The number of unbranched alkanes of at least 4 members (excludes halogenated alkanes) is 1. The summed E-state index contributed by atoms with van der Waals surface area (Å²) in [7, 11) is 0. The molecule has 176 valence electrons. The van der Waals surface area contributed by atoms with Gasteiger partial charge in [-0.2, -0.15) is 0 Å². The van der Waals surface area contributed by atoms with Gasteiger partial charge in [-0.1, -0.05) is 40.5 Å². The van der Waals surface area contributed by atoms with Crippen molar-refractivity contribution in [1.82, 2.24) is 20.9 Å². The summed E-state index contributed by atoms with van der Waals surface area (Å²) < 4.78 is 0. The second kappa shape index (κ2) is 11.7. The van der Waals surface area contributed by atoms with Crippen molar-refractivity contribution in [3.63, 3.8) is 0 Å². The number of hydrogen-bond donors (Lipinski definition) is 4. The van der Waals surface area contributed by atoms with Gasteiger partial charge in [0.05, 0.1) is 6.04 Å². The summed E-state index contributed by atoms with van der Waals surface area (Å²) in [5, 5.41) is 7.63. The van der Waals surface area contributed by atoms with Crippen molar-refractivity contribution in [2.75, 3.05) is 13.1 Å². The number of likely N-dealkylation sites (N-methyl/N-ethyl adjacent to an activating group) is 1. The van der Waals surface area contributed by atoms with Gasteiger partial charge in [0.2, 0.25) is 17.6 Å². The minimum atomic E-state index is -0.946. The number of rotatable bonds is 10. The van der Waals surface area contributed by atoms with Crippen LogP contribution in [-0.4, -0.2) is 65.7 Å². The molecule has 0 saturated carbocycles. The first kappa shape index (κ1) is 26.4. The number of nitrogens with two attached hydrogens (primary N) is 1. The Bertz CT molecular complexity index is 688. The minimum absolute atomic E-state index is 0.310. The van der Waals surface area contributed by atoms with Gasteiger partial charge in [0.1, 0.15) is 12.1 Å². The van der Waals surface area contributed by atoms with Crippen molar-refractivity contribution < 1.29 is 24.0 Å². The van der Waals surface area contributed by atoms with Gasteiger partial charge in [0.15, 0.2) is 0 Å². The SMILES string of the molecule is CCCCC(NC(=O)[C@@H]1CCCN1C(=O)[C@@H](NC(N)=O)C(C)(C)C)C(=O)C(=O)NCC. The van der Waals surface area contributed by atoms with E-state index in [1.807, 2.05) is 6.92 Å². The van der Waals surface area contributed by atoms with Crippen LogP contribution >= 0.6 is 0 Å². The number of nitrogens with zero attached hydrogens (tertiary/aromatic N) is 1. The van der Waals surface area contributed by atoms with Crippen LogP contribution in [-0.2, 0) is 19.2 Å². The van der Waals surface area contributed by atoms with Crippen LogP contribution in [0.3, 0.4) is 0 Å². The molecule has 10 nitrogen and oxygen atoms in total. The van der Waals surface area contributed by atoms with Crippen LogP contribution in [0, 0.1) is 5.41 Å². The molecule has 1 saturated heterocycles. The molecule has 1 fully saturated rings. The zero-order valence-corrected chi connectivity index (χ0v) is 19.2. The van der Waals surface area contributed by atoms with E-state index in [2.05, 4.69) is 16.0 Å². The molecule has 1 aliphatic heterocycles. The fourth-order valence-corrected chi connectivity index (χ4v) is 3.61. The highest BCUT2D eigenvalue weighted by Gasteiger charge is 2.42. The average Bonchev–Trinajstić information content (AvgIpc) is 3.17. The first-order chi connectivity index (χ1) is 14.4. The maximum Gasteiger partial charge on any atom is 0.312 e. The fraction of sp³-hybridized carbons (Fsp3) is 0.762. The fourth-order valence-electron chi connectivity index (χ4n) is 3.61. The predicted molar refractivity (Wildman–Crippen MR) is 116 cm³/mol. The molecule has 0 spiro atoms. The molecule has 1 aliphatic rings. The zero-order valence-electron chi connectivity index (χ0n) is 19.2. The average molecular weight is 440 g/mol. The van der Waals surface area contributed by atoms with Gasteiger partial charge in [-0.3, -0.25) is 19.2 Å². The maximum absolute atomic E-state index is 13.2. The molecule has 1 unspecified atom stereocenters. The van der Waals surface area contributed by atoms with Crippen molar-refractivity contribution in [1.29, 1.82) is 0 Å². The summed E-state index contributed by atoms with van der Waals surface area (Å²) in [6.45, 7) is 9.70. The van der Waals surface area contributed by atoms with Crippen molar-refractivity contribution in [2.45, 2.75) is 84.8 Å². The number of hydrogen-bond acceptors (Lipinski definition) is 5. The van der Waals surface area contributed by atoms with Crippen LogP contribution in [0.25, 0.3) is 0 Å². The quantitative estimate of drug-likeness (QED) is 0.364. The normalized spacial score (nSPS) is 18.1. The number of amides is 5. The van der Waals surface area contributed by atoms with E-state index < -0.39 is 53.1 Å². The molecule has 3 atom stereocenters. The van der Waals surface area contributed by atoms with E-state index in [4.69, 9.17) is 5.73 Å². The molecule has 5 N–H and O–H groups in total. The van der Waals surface area contributed by atoms with Gasteiger partial charge in [0, 0.05) is 13.1 Å². The molecule has 0 aromatic carbocycles. The molecular formula is C21H37N5O5. The van der Waals surface area contributed by atoms with E-state index in [0.29, 0.717) is 38.8 Å². The van der Waals surface area contributed by atoms with E-state index in [9.17, 15) is 24.0 Å². The van der Waals surface area contributed by atoms with Crippen LogP contribution in [0.4, 0.5) is 4.79 Å². The largest absolute Gasteiger partial charge is 0.352 e. The third kappa shape index (κ3) is 7.52. The van der Waals surface area contributed by atoms with Gasteiger partial charge in [0.25, 0.3) is 5.91 Å². The van der Waals surface area contributed by atoms with E-state index in [1.165, 1.54) is 4.90 Å². The second-order valence-electron chi connectivity index (χ2n) is 8.92. The summed E-state index contributed by atoms with van der Waals surface area (Å²) in [6.07, 6.45) is 2.85. The van der Waals surface area contributed by atoms with Gasteiger partial charge < -0.3 is 26.6 Å². The van der Waals surface area contributed by atoms with E-state index in [1.54, 1.807) is 27.7 Å². The summed E-state index contributed by atoms with van der Waals surface area (Å²) in [4.78, 5) is 63.5. The van der Waals surface area contributed by atoms with Crippen molar-refractivity contribution >= 4 is 29.5 Å². The smallest absolute Gasteiger partial charge is 0.312 e. The number of urea groups is 1. The highest BCUT2D eigenvalue weighted by atomic mass is 16.2.